The quantitative estimate of drug-likeness (QED) is 0.598. The van der Waals surface area contributed by atoms with E-state index in [1.165, 1.54) is 6.42 Å². The molecule has 0 radical (unpaired) electrons. The molecule has 0 aromatic rings. The molecule has 0 spiro atoms. The van der Waals surface area contributed by atoms with Crippen LogP contribution in [-0.4, -0.2) is 55.2 Å². The number of morpholine rings is 1. The zero-order valence-corrected chi connectivity index (χ0v) is 8.52. The summed E-state index contributed by atoms with van der Waals surface area (Å²) < 4.78 is 5.31. The van der Waals surface area contributed by atoms with Crippen molar-refractivity contribution in [1.82, 2.24) is 9.80 Å². The second-order valence-electron chi connectivity index (χ2n) is 3.97. The van der Waals surface area contributed by atoms with Gasteiger partial charge in [0.25, 0.3) is 0 Å². The molecular formula is C10H18N2O2. The molecule has 0 aromatic heterocycles. The van der Waals surface area contributed by atoms with Crippen LogP contribution in [0.15, 0.2) is 0 Å². The number of hydrogen-bond donors (Lipinski definition) is 0. The average molecular weight is 198 g/mol. The molecule has 2 saturated heterocycles. The topological polar surface area (TPSA) is 32.8 Å². The van der Waals surface area contributed by atoms with Crippen LogP contribution in [0.5, 0.6) is 0 Å². The van der Waals surface area contributed by atoms with Crippen molar-refractivity contribution >= 4 is 6.41 Å². The Bertz CT molecular complexity index is 193. The standard InChI is InChI=1S/C10H18N2O2/c13-9-12-4-2-1-3-10(12)11-5-7-14-8-6-11/h9-10H,1-8H2. The van der Waals surface area contributed by atoms with Gasteiger partial charge < -0.3 is 9.64 Å². The Hall–Kier alpha value is -0.610. The SMILES string of the molecule is O=CN1CCCCC1N1CCOCC1. The zero-order valence-electron chi connectivity index (χ0n) is 8.52. The number of hydrogen-bond acceptors (Lipinski definition) is 3. The van der Waals surface area contributed by atoms with Gasteiger partial charge in [0.15, 0.2) is 0 Å². The second-order valence-corrected chi connectivity index (χ2v) is 3.97. The smallest absolute Gasteiger partial charge is 0.210 e. The van der Waals surface area contributed by atoms with Gasteiger partial charge in [0.2, 0.25) is 6.41 Å². The molecule has 2 fully saturated rings. The summed E-state index contributed by atoms with van der Waals surface area (Å²) in [5, 5.41) is 0. The van der Waals surface area contributed by atoms with Crippen LogP contribution < -0.4 is 0 Å². The Labute approximate surface area is 84.8 Å². The number of carbonyl (C=O) groups excluding carboxylic acids is 1. The van der Waals surface area contributed by atoms with Crippen LogP contribution in [0.4, 0.5) is 0 Å². The Balaban J connectivity index is 1.94. The molecule has 1 atom stereocenters. The molecule has 2 aliphatic heterocycles. The number of piperidine rings is 1. The Morgan fingerprint density at radius 2 is 1.93 bits per heavy atom. The molecule has 0 bridgehead atoms. The van der Waals surface area contributed by atoms with Gasteiger partial charge in [0.1, 0.15) is 0 Å². The average Bonchev–Trinajstić information content (AvgIpc) is 2.30. The molecule has 80 valence electrons. The zero-order chi connectivity index (χ0) is 9.80. The van der Waals surface area contributed by atoms with E-state index < -0.39 is 0 Å². The summed E-state index contributed by atoms with van der Waals surface area (Å²) in [7, 11) is 0. The van der Waals surface area contributed by atoms with Crippen LogP contribution in [0.3, 0.4) is 0 Å². The number of ether oxygens (including phenoxy) is 1. The van der Waals surface area contributed by atoms with Gasteiger partial charge in [-0.15, -0.1) is 0 Å². The lowest BCUT2D eigenvalue weighted by atomic mass is 10.1. The minimum Gasteiger partial charge on any atom is -0.379 e. The van der Waals surface area contributed by atoms with Gasteiger partial charge in [-0.1, -0.05) is 0 Å². The third kappa shape index (κ3) is 2.07. The minimum atomic E-state index is 0.338. The van der Waals surface area contributed by atoms with Gasteiger partial charge in [-0.2, -0.15) is 0 Å². The van der Waals surface area contributed by atoms with Crippen LogP contribution in [0, 0.1) is 0 Å². The molecule has 4 nitrogen and oxygen atoms in total. The monoisotopic (exact) mass is 198 g/mol. The van der Waals surface area contributed by atoms with Gasteiger partial charge in [-0.3, -0.25) is 9.69 Å². The van der Waals surface area contributed by atoms with E-state index in [4.69, 9.17) is 4.74 Å². The van der Waals surface area contributed by atoms with E-state index in [0.29, 0.717) is 6.17 Å². The molecule has 1 unspecified atom stereocenters. The fraction of sp³-hybridized carbons (Fsp3) is 0.900. The van der Waals surface area contributed by atoms with E-state index in [1.54, 1.807) is 0 Å². The highest BCUT2D eigenvalue weighted by Gasteiger charge is 2.27. The predicted octanol–water partition coefficient (Wildman–Crippen LogP) is 0.287. The molecule has 14 heavy (non-hydrogen) atoms. The first-order chi connectivity index (χ1) is 6.92. The summed E-state index contributed by atoms with van der Waals surface area (Å²) in [6.45, 7) is 4.47. The van der Waals surface area contributed by atoms with E-state index >= 15 is 0 Å². The Kier molecular flexibility index (Phi) is 3.37. The second kappa shape index (κ2) is 4.75. The summed E-state index contributed by atoms with van der Waals surface area (Å²) in [5.74, 6) is 0. The number of nitrogens with zero attached hydrogens (tertiary/aromatic N) is 2. The first kappa shape index (κ1) is 9.93. The molecule has 2 aliphatic rings. The van der Waals surface area contributed by atoms with E-state index in [1.807, 2.05) is 4.90 Å². The van der Waals surface area contributed by atoms with Crippen LogP contribution in [0.25, 0.3) is 0 Å². The fourth-order valence-corrected chi connectivity index (χ4v) is 2.33. The van der Waals surface area contributed by atoms with Crippen molar-refractivity contribution in [2.75, 3.05) is 32.8 Å². The van der Waals surface area contributed by atoms with Crippen molar-refractivity contribution < 1.29 is 9.53 Å². The molecule has 0 saturated carbocycles. The number of amides is 1. The van der Waals surface area contributed by atoms with Gasteiger partial charge >= 0.3 is 0 Å². The number of rotatable bonds is 2. The summed E-state index contributed by atoms with van der Waals surface area (Å²) in [6.07, 6.45) is 4.86. The van der Waals surface area contributed by atoms with Crippen molar-refractivity contribution in [2.24, 2.45) is 0 Å². The van der Waals surface area contributed by atoms with Gasteiger partial charge in [-0.25, -0.2) is 0 Å². The number of likely N-dealkylation sites (tertiary alicyclic amines) is 1. The van der Waals surface area contributed by atoms with Crippen molar-refractivity contribution in [3.05, 3.63) is 0 Å². The van der Waals surface area contributed by atoms with Crippen molar-refractivity contribution in [3.8, 4) is 0 Å². The third-order valence-electron chi connectivity index (χ3n) is 3.11. The summed E-state index contributed by atoms with van der Waals surface area (Å²) in [6, 6.07) is 0. The van der Waals surface area contributed by atoms with E-state index in [0.717, 1.165) is 52.1 Å². The van der Waals surface area contributed by atoms with Crippen LogP contribution in [0.2, 0.25) is 0 Å². The largest absolute Gasteiger partial charge is 0.379 e. The molecule has 1 amide bonds. The maximum Gasteiger partial charge on any atom is 0.210 e. The summed E-state index contributed by atoms with van der Waals surface area (Å²) in [4.78, 5) is 15.2. The molecular weight excluding hydrogens is 180 g/mol. The van der Waals surface area contributed by atoms with Crippen LogP contribution in [0.1, 0.15) is 19.3 Å². The van der Waals surface area contributed by atoms with Crippen LogP contribution in [-0.2, 0) is 9.53 Å². The van der Waals surface area contributed by atoms with Gasteiger partial charge in [0.05, 0.1) is 19.4 Å². The number of carbonyl (C=O) groups is 1. The minimum absolute atomic E-state index is 0.338. The Morgan fingerprint density at radius 3 is 2.64 bits per heavy atom. The molecule has 0 aromatic carbocycles. The Morgan fingerprint density at radius 1 is 1.14 bits per heavy atom. The lowest BCUT2D eigenvalue weighted by Crippen LogP contribution is -2.53. The molecule has 4 heteroatoms. The highest BCUT2D eigenvalue weighted by atomic mass is 16.5. The third-order valence-corrected chi connectivity index (χ3v) is 3.11. The first-order valence-corrected chi connectivity index (χ1v) is 5.44. The normalized spacial score (nSPS) is 30.3. The van der Waals surface area contributed by atoms with E-state index in [-0.39, 0.29) is 0 Å². The van der Waals surface area contributed by atoms with Crippen molar-refractivity contribution in [3.63, 3.8) is 0 Å². The molecule has 0 aliphatic carbocycles. The first-order valence-electron chi connectivity index (χ1n) is 5.44. The van der Waals surface area contributed by atoms with Crippen molar-refractivity contribution in [1.29, 1.82) is 0 Å². The predicted molar refractivity (Wildman–Crippen MR) is 52.8 cm³/mol. The maximum absolute atomic E-state index is 10.9. The van der Waals surface area contributed by atoms with E-state index in [2.05, 4.69) is 4.90 Å². The maximum atomic E-state index is 10.9. The highest BCUT2D eigenvalue weighted by Crippen LogP contribution is 2.19. The van der Waals surface area contributed by atoms with Crippen molar-refractivity contribution in [2.45, 2.75) is 25.4 Å². The summed E-state index contributed by atoms with van der Waals surface area (Å²) in [5.41, 5.74) is 0. The molecule has 2 heterocycles. The van der Waals surface area contributed by atoms with E-state index in [9.17, 15) is 4.79 Å². The summed E-state index contributed by atoms with van der Waals surface area (Å²) >= 11 is 0. The van der Waals surface area contributed by atoms with Crippen LogP contribution >= 0.6 is 0 Å². The lowest BCUT2D eigenvalue weighted by molar-refractivity contribution is -0.129. The lowest BCUT2D eigenvalue weighted by Gasteiger charge is -2.42. The van der Waals surface area contributed by atoms with Gasteiger partial charge in [-0.05, 0) is 19.3 Å². The fourth-order valence-electron chi connectivity index (χ4n) is 2.33. The van der Waals surface area contributed by atoms with Gasteiger partial charge in [0, 0.05) is 19.6 Å². The highest BCUT2D eigenvalue weighted by molar-refractivity contribution is 5.47. The molecule has 0 N–H and O–H groups in total. The molecule has 2 rings (SSSR count).